The molecule has 2 aromatic heterocycles. The number of aromatic amines is 1. The Morgan fingerprint density at radius 1 is 1.24 bits per heavy atom. The number of carbonyl (C=O) groups excluding carboxylic acids is 1. The predicted octanol–water partition coefficient (Wildman–Crippen LogP) is 4.00. The lowest BCUT2D eigenvalue weighted by Gasteiger charge is -2.41. The number of carbonyl (C=O) groups is 1. The van der Waals surface area contributed by atoms with Crippen molar-refractivity contribution in [2.75, 3.05) is 18.6 Å². The highest BCUT2D eigenvalue weighted by atomic mass is 32.2. The van der Waals surface area contributed by atoms with Gasteiger partial charge in [0.05, 0.1) is 24.1 Å². The minimum absolute atomic E-state index is 0.0239. The Balaban J connectivity index is 1.71. The first kappa shape index (κ1) is 26.5. The SMILES string of the molecule is CC(C)COc1cc(F)cc(-c2ccc(C(=O)NS(=O)(=O)c3ccn[nH]3)c(N(C)C3CC(F)(F)C3)n2)c1. The number of halogens is 3. The van der Waals surface area contributed by atoms with E-state index in [0.29, 0.717) is 12.2 Å². The normalized spacial score (nSPS) is 15.3. The molecule has 0 aliphatic heterocycles. The van der Waals surface area contributed by atoms with E-state index >= 15 is 0 Å². The van der Waals surface area contributed by atoms with E-state index in [0.717, 1.165) is 0 Å². The molecule has 0 unspecified atom stereocenters. The van der Waals surface area contributed by atoms with Crippen molar-refractivity contribution in [1.29, 1.82) is 0 Å². The Labute approximate surface area is 212 Å². The average molecular weight is 538 g/mol. The molecule has 2 heterocycles. The molecule has 0 atom stereocenters. The van der Waals surface area contributed by atoms with Gasteiger partial charge in [-0.2, -0.15) is 13.5 Å². The Morgan fingerprint density at radius 2 is 1.97 bits per heavy atom. The van der Waals surface area contributed by atoms with Crippen LogP contribution >= 0.6 is 0 Å². The second-order valence-corrected chi connectivity index (χ2v) is 11.0. The molecule has 0 radical (unpaired) electrons. The maximum Gasteiger partial charge on any atom is 0.281 e. The van der Waals surface area contributed by atoms with Gasteiger partial charge >= 0.3 is 0 Å². The number of amides is 1. The van der Waals surface area contributed by atoms with E-state index in [4.69, 9.17) is 4.74 Å². The molecule has 0 bridgehead atoms. The second-order valence-electron chi connectivity index (χ2n) is 9.33. The lowest BCUT2D eigenvalue weighted by Crippen LogP contribution is -2.50. The second kappa shape index (κ2) is 10.0. The summed E-state index contributed by atoms with van der Waals surface area (Å²) in [7, 11) is -2.78. The number of anilines is 1. The molecule has 1 aliphatic carbocycles. The lowest BCUT2D eigenvalue weighted by atomic mass is 9.87. The van der Waals surface area contributed by atoms with Crippen molar-refractivity contribution in [1.82, 2.24) is 19.9 Å². The average Bonchev–Trinajstić information content (AvgIpc) is 3.36. The van der Waals surface area contributed by atoms with Gasteiger partial charge in [0, 0.05) is 37.6 Å². The van der Waals surface area contributed by atoms with Crippen LogP contribution in [0.1, 0.15) is 37.0 Å². The summed E-state index contributed by atoms with van der Waals surface area (Å²) in [6, 6.07) is 7.33. The zero-order valence-electron chi connectivity index (χ0n) is 20.3. The fourth-order valence-corrected chi connectivity index (χ4v) is 4.69. The summed E-state index contributed by atoms with van der Waals surface area (Å²) >= 11 is 0. The number of hydrogen-bond donors (Lipinski definition) is 2. The number of H-pyrrole nitrogens is 1. The van der Waals surface area contributed by atoms with E-state index < -0.39 is 46.6 Å². The van der Waals surface area contributed by atoms with Gasteiger partial charge in [0.25, 0.3) is 21.9 Å². The molecule has 0 spiro atoms. The van der Waals surface area contributed by atoms with Crippen LogP contribution in [0.4, 0.5) is 19.0 Å². The van der Waals surface area contributed by atoms with E-state index in [1.54, 1.807) is 6.07 Å². The monoisotopic (exact) mass is 537 g/mol. The Morgan fingerprint density at radius 3 is 2.59 bits per heavy atom. The molecule has 1 aromatic carbocycles. The van der Waals surface area contributed by atoms with Crippen LogP contribution in [0, 0.1) is 11.7 Å². The fourth-order valence-electron chi connectivity index (χ4n) is 3.81. The van der Waals surface area contributed by atoms with Crippen LogP contribution in [0.3, 0.4) is 0 Å². The number of nitrogens with zero attached hydrogens (tertiary/aromatic N) is 3. The van der Waals surface area contributed by atoms with Crippen molar-refractivity contribution in [3.8, 4) is 17.0 Å². The minimum Gasteiger partial charge on any atom is -0.493 e. The van der Waals surface area contributed by atoms with Crippen molar-refractivity contribution in [3.63, 3.8) is 0 Å². The molecule has 4 rings (SSSR count). The molecule has 37 heavy (non-hydrogen) atoms. The van der Waals surface area contributed by atoms with Crippen LogP contribution in [0.5, 0.6) is 5.75 Å². The third-order valence-electron chi connectivity index (χ3n) is 5.81. The van der Waals surface area contributed by atoms with Crippen LogP contribution in [0.2, 0.25) is 0 Å². The number of pyridine rings is 1. The number of sulfonamides is 1. The van der Waals surface area contributed by atoms with Crippen molar-refractivity contribution in [2.45, 2.75) is 43.7 Å². The highest BCUT2D eigenvalue weighted by Gasteiger charge is 2.48. The van der Waals surface area contributed by atoms with Crippen LogP contribution in [-0.4, -0.2) is 55.1 Å². The molecular formula is C24H26F3N5O4S. The van der Waals surface area contributed by atoms with Gasteiger partial charge < -0.3 is 9.64 Å². The number of nitrogens with one attached hydrogen (secondary N) is 2. The molecule has 9 nitrogen and oxygen atoms in total. The molecule has 198 valence electrons. The quantitative estimate of drug-likeness (QED) is 0.424. The van der Waals surface area contributed by atoms with Gasteiger partial charge in [-0.1, -0.05) is 13.8 Å². The predicted molar refractivity (Wildman–Crippen MR) is 130 cm³/mol. The molecule has 3 aromatic rings. The Hall–Kier alpha value is -3.61. The number of rotatable bonds is 9. The van der Waals surface area contributed by atoms with Crippen molar-refractivity contribution in [2.24, 2.45) is 5.92 Å². The molecule has 0 saturated heterocycles. The van der Waals surface area contributed by atoms with Crippen LogP contribution < -0.4 is 14.4 Å². The standard InChI is InChI=1S/C24H26F3N5O4S/c1-14(2)13-36-18-9-15(8-16(25)10-18)20-5-4-19(22(29-20)32(3)17-11-24(26,27)12-17)23(33)31-37(34,35)21-6-7-28-30-21/h4-10,14,17H,11-13H2,1-3H3,(H,28,30)(H,31,33). The highest BCUT2D eigenvalue weighted by molar-refractivity contribution is 7.90. The summed E-state index contributed by atoms with van der Waals surface area (Å²) in [5.74, 6) is -3.95. The third kappa shape index (κ3) is 6.04. The first-order chi connectivity index (χ1) is 17.3. The Kier molecular flexibility index (Phi) is 7.18. The number of alkyl halides is 2. The summed E-state index contributed by atoms with van der Waals surface area (Å²) < 4.78 is 74.2. The fraction of sp³-hybridized carbons (Fsp3) is 0.375. The van der Waals surface area contributed by atoms with Crippen molar-refractivity contribution < 1.29 is 31.1 Å². The molecular weight excluding hydrogens is 511 g/mol. The summed E-state index contributed by atoms with van der Waals surface area (Å²) in [5.41, 5.74) is 0.427. The summed E-state index contributed by atoms with van der Waals surface area (Å²) in [4.78, 5) is 18.9. The van der Waals surface area contributed by atoms with Gasteiger partial charge in [-0.3, -0.25) is 9.89 Å². The van der Waals surface area contributed by atoms with E-state index in [2.05, 4.69) is 15.2 Å². The first-order valence-corrected chi connectivity index (χ1v) is 12.9. The zero-order chi connectivity index (χ0) is 27.0. The van der Waals surface area contributed by atoms with Crippen LogP contribution in [0.25, 0.3) is 11.3 Å². The number of benzene rings is 1. The smallest absolute Gasteiger partial charge is 0.281 e. The highest BCUT2D eigenvalue weighted by Crippen LogP contribution is 2.42. The first-order valence-electron chi connectivity index (χ1n) is 11.5. The lowest BCUT2D eigenvalue weighted by molar-refractivity contribution is -0.0850. The van der Waals surface area contributed by atoms with Crippen molar-refractivity contribution in [3.05, 3.63) is 54.0 Å². The number of hydrogen-bond acceptors (Lipinski definition) is 7. The van der Waals surface area contributed by atoms with E-state index in [1.165, 1.54) is 48.5 Å². The number of aromatic nitrogens is 3. The maximum atomic E-state index is 14.4. The zero-order valence-corrected chi connectivity index (χ0v) is 21.2. The van der Waals surface area contributed by atoms with E-state index in [1.807, 2.05) is 18.6 Å². The van der Waals surface area contributed by atoms with Gasteiger partial charge in [-0.25, -0.2) is 22.9 Å². The van der Waals surface area contributed by atoms with Crippen molar-refractivity contribution >= 4 is 21.7 Å². The third-order valence-corrected chi connectivity index (χ3v) is 7.07. The van der Waals surface area contributed by atoms with Crippen LogP contribution in [0.15, 0.2) is 47.6 Å². The molecule has 1 fully saturated rings. The molecule has 1 saturated carbocycles. The topological polar surface area (TPSA) is 117 Å². The van der Waals surface area contributed by atoms with Gasteiger partial charge in [0.2, 0.25) is 0 Å². The van der Waals surface area contributed by atoms with Crippen LogP contribution in [-0.2, 0) is 10.0 Å². The van der Waals surface area contributed by atoms with E-state index in [9.17, 15) is 26.4 Å². The maximum absolute atomic E-state index is 14.4. The summed E-state index contributed by atoms with van der Waals surface area (Å²) in [6.07, 6.45) is 0.315. The van der Waals surface area contributed by atoms with Gasteiger partial charge in [0.1, 0.15) is 17.4 Å². The van der Waals surface area contributed by atoms with Gasteiger partial charge in [-0.05, 0) is 36.2 Å². The summed E-state index contributed by atoms with van der Waals surface area (Å²) in [5, 5.41) is 5.50. The molecule has 1 amide bonds. The molecule has 1 aliphatic rings. The number of ether oxygens (including phenoxy) is 1. The minimum atomic E-state index is -4.27. The van der Waals surface area contributed by atoms with Gasteiger partial charge in [-0.15, -0.1) is 0 Å². The van der Waals surface area contributed by atoms with Gasteiger partial charge in [0.15, 0.2) is 5.03 Å². The van der Waals surface area contributed by atoms with E-state index in [-0.39, 0.29) is 33.8 Å². The largest absolute Gasteiger partial charge is 0.493 e. The molecule has 2 N–H and O–H groups in total. The summed E-state index contributed by atoms with van der Waals surface area (Å²) in [6.45, 7) is 4.26. The molecule has 13 heteroatoms. The Bertz CT molecular complexity index is 1390.